The Kier molecular flexibility index (Phi) is 8.09. The molecule has 0 aliphatic heterocycles. The molecule has 0 saturated carbocycles. The van der Waals surface area contributed by atoms with Crippen molar-refractivity contribution in [1.82, 2.24) is 4.90 Å². The molecule has 0 amide bonds. The molecule has 0 bridgehead atoms. The summed E-state index contributed by atoms with van der Waals surface area (Å²) in [5.41, 5.74) is 7.21. The Balaban J connectivity index is 2.93. The number of benzene rings is 1. The van der Waals surface area contributed by atoms with Gasteiger partial charge in [-0.05, 0) is 44.5 Å². The molecule has 21 heavy (non-hydrogen) atoms. The quantitative estimate of drug-likeness (QED) is 0.693. The number of nitrogens with zero attached hydrogens (tertiary/aromatic N) is 1. The molecule has 120 valence electrons. The maximum Gasteiger partial charge on any atom is 0.137 e. The minimum atomic E-state index is 0.199. The van der Waals surface area contributed by atoms with E-state index in [9.17, 15) is 0 Å². The first-order valence-corrected chi connectivity index (χ1v) is 8.22. The summed E-state index contributed by atoms with van der Waals surface area (Å²) in [7, 11) is 1.63. The third-order valence-corrected chi connectivity index (χ3v) is 4.16. The molecule has 1 atom stereocenters. The highest BCUT2D eigenvalue weighted by atomic mass is 35.5. The van der Waals surface area contributed by atoms with Crippen molar-refractivity contribution in [3.8, 4) is 5.75 Å². The largest absolute Gasteiger partial charge is 0.495 e. The number of hydrogen-bond donors (Lipinski definition) is 1. The first-order chi connectivity index (χ1) is 10.0. The Labute approximate surface area is 134 Å². The Bertz CT molecular complexity index is 423. The Morgan fingerprint density at radius 2 is 2.00 bits per heavy atom. The molecule has 0 aromatic heterocycles. The van der Waals surface area contributed by atoms with Crippen molar-refractivity contribution in [3.63, 3.8) is 0 Å². The number of halogens is 1. The number of unbranched alkanes of at least 4 members (excludes halogenated alkanes) is 2. The molecule has 4 heteroatoms. The summed E-state index contributed by atoms with van der Waals surface area (Å²) in [4.78, 5) is 2.47. The molecular formula is C17H29ClN2O. The average molecular weight is 313 g/mol. The molecule has 1 unspecified atom stereocenters. The smallest absolute Gasteiger partial charge is 0.137 e. The standard InChI is InChI=1S/C17H29ClN2O/c1-5-6-7-10-20(13(2)3)16(12-19)14-8-9-17(21-4)15(18)11-14/h8-9,11,13,16H,5-7,10,12,19H2,1-4H3. The van der Waals surface area contributed by atoms with Gasteiger partial charge in [-0.15, -0.1) is 0 Å². The van der Waals surface area contributed by atoms with E-state index in [0.717, 1.165) is 12.1 Å². The second-order valence-corrected chi connectivity index (χ2v) is 6.09. The van der Waals surface area contributed by atoms with Crippen molar-refractivity contribution >= 4 is 11.6 Å². The van der Waals surface area contributed by atoms with E-state index >= 15 is 0 Å². The third-order valence-electron chi connectivity index (χ3n) is 3.87. The number of nitrogens with two attached hydrogens (primary N) is 1. The summed E-state index contributed by atoms with van der Waals surface area (Å²) in [6.45, 7) is 8.33. The first-order valence-electron chi connectivity index (χ1n) is 7.84. The molecule has 0 fully saturated rings. The second kappa shape index (κ2) is 9.29. The van der Waals surface area contributed by atoms with Crippen LogP contribution in [0.2, 0.25) is 5.02 Å². The minimum Gasteiger partial charge on any atom is -0.495 e. The van der Waals surface area contributed by atoms with Gasteiger partial charge in [0.1, 0.15) is 5.75 Å². The highest BCUT2D eigenvalue weighted by molar-refractivity contribution is 6.32. The fourth-order valence-electron chi connectivity index (χ4n) is 2.67. The molecule has 0 aliphatic rings. The molecular weight excluding hydrogens is 284 g/mol. The van der Waals surface area contributed by atoms with Crippen LogP contribution < -0.4 is 10.5 Å². The summed E-state index contributed by atoms with van der Waals surface area (Å²) < 4.78 is 5.22. The van der Waals surface area contributed by atoms with E-state index in [1.54, 1.807) is 7.11 Å². The van der Waals surface area contributed by atoms with E-state index in [4.69, 9.17) is 22.1 Å². The zero-order chi connectivity index (χ0) is 15.8. The van der Waals surface area contributed by atoms with Crippen LogP contribution in [0.15, 0.2) is 18.2 Å². The maximum atomic E-state index is 6.26. The number of rotatable bonds is 9. The topological polar surface area (TPSA) is 38.5 Å². The summed E-state index contributed by atoms with van der Waals surface area (Å²) in [5, 5.41) is 0.644. The van der Waals surface area contributed by atoms with Crippen LogP contribution in [0.5, 0.6) is 5.75 Å². The molecule has 1 aromatic carbocycles. The first kappa shape index (κ1) is 18.3. The fraction of sp³-hybridized carbons (Fsp3) is 0.647. The van der Waals surface area contributed by atoms with Crippen LogP contribution in [0.1, 0.15) is 51.6 Å². The van der Waals surface area contributed by atoms with Crippen LogP contribution in [-0.4, -0.2) is 31.1 Å². The summed E-state index contributed by atoms with van der Waals surface area (Å²) in [6.07, 6.45) is 3.69. The molecule has 2 N–H and O–H groups in total. The summed E-state index contributed by atoms with van der Waals surface area (Å²) in [6, 6.07) is 6.62. The highest BCUT2D eigenvalue weighted by Crippen LogP contribution is 2.30. The van der Waals surface area contributed by atoms with Crippen molar-refractivity contribution in [2.24, 2.45) is 5.73 Å². The lowest BCUT2D eigenvalue weighted by molar-refractivity contribution is 0.154. The van der Waals surface area contributed by atoms with E-state index in [1.165, 1.54) is 19.3 Å². The van der Waals surface area contributed by atoms with Gasteiger partial charge in [0.05, 0.1) is 12.1 Å². The van der Waals surface area contributed by atoms with E-state index in [0.29, 0.717) is 23.4 Å². The molecule has 1 aromatic rings. The van der Waals surface area contributed by atoms with Gasteiger partial charge in [-0.3, -0.25) is 4.90 Å². The van der Waals surface area contributed by atoms with Crippen LogP contribution >= 0.6 is 11.6 Å². The van der Waals surface area contributed by atoms with Crippen molar-refractivity contribution in [1.29, 1.82) is 0 Å². The third kappa shape index (κ3) is 5.17. The lowest BCUT2D eigenvalue weighted by atomic mass is 10.0. The van der Waals surface area contributed by atoms with Crippen molar-refractivity contribution < 1.29 is 4.74 Å². The van der Waals surface area contributed by atoms with Crippen LogP contribution in [0.4, 0.5) is 0 Å². The SMILES string of the molecule is CCCCCN(C(C)C)C(CN)c1ccc(OC)c(Cl)c1. The van der Waals surface area contributed by atoms with Gasteiger partial charge in [-0.2, -0.15) is 0 Å². The van der Waals surface area contributed by atoms with Crippen LogP contribution in [0.25, 0.3) is 0 Å². The molecule has 1 rings (SSSR count). The lowest BCUT2D eigenvalue weighted by Crippen LogP contribution is -2.39. The van der Waals surface area contributed by atoms with Gasteiger partial charge in [-0.1, -0.05) is 37.4 Å². The normalized spacial score (nSPS) is 13.0. The number of ether oxygens (including phenoxy) is 1. The van der Waals surface area contributed by atoms with Gasteiger partial charge in [0.2, 0.25) is 0 Å². The fourth-order valence-corrected chi connectivity index (χ4v) is 2.94. The van der Waals surface area contributed by atoms with Gasteiger partial charge < -0.3 is 10.5 Å². The molecule has 0 spiro atoms. The van der Waals surface area contributed by atoms with Gasteiger partial charge >= 0.3 is 0 Å². The second-order valence-electron chi connectivity index (χ2n) is 5.68. The van der Waals surface area contributed by atoms with Gasteiger partial charge in [0.15, 0.2) is 0 Å². The van der Waals surface area contributed by atoms with Crippen LogP contribution in [0.3, 0.4) is 0 Å². The summed E-state index contributed by atoms with van der Waals surface area (Å²) in [5.74, 6) is 0.707. The molecule has 0 aliphatic carbocycles. The maximum absolute atomic E-state index is 6.26. The minimum absolute atomic E-state index is 0.199. The highest BCUT2D eigenvalue weighted by Gasteiger charge is 2.22. The zero-order valence-electron chi connectivity index (χ0n) is 13.7. The van der Waals surface area contributed by atoms with E-state index in [2.05, 4.69) is 31.7 Å². The Morgan fingerprint density at radius 3 is 2.48 bits per heavy atom. The Hall–Kier alpha value is -0.770. The lowest BCUT2D eigenvalue weighted by Gasteiger charge is -2.35. The van der Waals surface area contributed by atoms with Gasteiger partial charge in [0.25, 0.3) is 0 Å². The molecule has 0 saturated heterocycles. The van der Waals surface area contributed by atoms with Crippen LogP contribution in [-0.2, 0) is 0 Å². The molecule has 0 heterocycles. The number of hydrogen-bond acceptors (Lipinski definition) is 3. The zero-order valence-corrected chi connectivity index (χ0v) is 14.5. The molecule has 0 radical (unpaired) electrons. The van der Waals surface area contributed by atoms with E-state index in [-0.39, 0.29) is 6.04 Å². The van der Waals surface area contributed by atoms with Crippen molar-refractivity contribution in [2.45, 2.75) is 52.1 Å². The predicted molar refractivity (Wildman–Crippen MR) is 91.2 cm³/mol. The average Bonchev–Trinajstić information content (AvgIpc) is 2.46. The van der Waals surface area contributed by atoms with E-state index in [1.807, 2.05) is 12.1 Å². The van der Waals surface area contributed by atoms with Gasteiger partial charge in [-0.25, -0.2) is 0 Å². The summed E-state index contributed by atoms with van der Waals surface area (Å²) >= 11 is 6.26. The van der Waals surface area contributed by atoms with E-state index < -0.39 is 0 Å². The molecule has 3 nitrogen and oxygen atoms in total. The monoisotopic (exact) mass is 312 g/mol. The van der Waals surface area contributed by atoms with Gasteiger partial charge in [0, 0.05) is 18.6 Å². The number of methoxy groups -OCH3 is 1. The van der Waals surface area contributed by atoms with Crippen LogP contribution in [0, 0.1) is 0 Å². The van der Waals surface area contributed by atoms with Crippen molar-refractivity contribution in [3.05, 3.63) is 28.8 Å². The van der Waals surface area contributed by atoms with Crippen molar-refractivity contribution in [2.75, 3.05) is 20.2 Å². The predicted octanol–water partition coefficient (Wildman–Crippen LogP) is 4.25. The Morgan fingerprint density at radius 1 is 1.29 bits per heavy atom.